The Kier molecular flexibility index (Phi) is 4.23. The van der Waals surface area contributed by atoms with Crippen LogP contribution in [0.5, 0.6) is 0 Å². The first kappa shape index (κ1) is 17.4. The number of rotatable bonds is 3. The van der Waals surface area contributed by atoms with Crippen molar-refractivity contribution in [2.24, 2.45) is 0 Å². The molecule has 1 saturated heterocycles. The number of carbonyl (C=O) groups excluding carboxylic acids is 1. The highest BCUT2D eigenvalue weighted by Crippen LogP contribution is 2.24. The maximum atomic E-state index is 13.2. The molecule has 0 aliphatic carbocycles. The van der Waals surface area contributed by atoms with Gasteiger partial charge in [-0.25, -0.2) is 0 Å². The van der Waals surface area contributed by atoms with Crippen molar-refractivity contribution in [2.75, 3.05) is 31.1 Å². The molecule has 4 aromatic rings. The summed E-state index contributed by atoms with van der Waals surface area (Å²) >= 11 is 0. The molecule has 0 bridgehead atoms. The summed E-state index contributed by atoms with van der Waals surface area (Å²) in [6.07, 6.45) is 0. The first-order chi connectivity index (χ1) is 14.2. The lowest BCUT2D eigenvalue weighted by Crippen LogP contribution is -2.49. The molecular formula is C21H21N7O. The highest BCUT2D eigenvalue weighted by atomic mass is 16.2. The maximum absolute atomic E-state index is 13.2. The van der Waals surface area contributed by atoms with Crippen molar-refractivity contribution in [1.29, 1.82) is 0 Å². The van der Waals surface area contributed by atoms with Crippen LogP contribution in [0, 0.1) is 6.92 Å². The fourth-order valence-electron chi connectivity index (χ4n) is 3.94. The summed E-state index contributed by atoms with van der Waals surface area (Å²) in [7, 11) is 0. The number of anilines is 1. The molecule has 3 heterocycles. The van der Waals surface area contributed by atoms with E-state index in [1.807, 2.05) is 66.4 Å². The van der Waals surface area contributed by atoms with E-state index < -0.39 is 0 Å². The Morgan fingerprint density at radius 3 is 2.48 bits per heavy atom. The van der Waals surface area contributed by atoms with Crippen LogP contribution in [0.2, 0.25) is 0 Å². The number of carbonyl (C=O) groups is 1. The Labute approximate surface area is 167 Å². The van der Waals surface area contributed by atoms with Crippen molar-refractivity contribution < 1.29 is 4.79 Å². The minimum Gasteiger partial charge on any atom is -0.358 e. The zero-order valence-electron chi connectivity index (χ0n) is 16.1. The van der Waals surface area contributed by atoms with Gasteiger partial charge in [0.1, 0.15) is 0 Å². The summed E-state index contributed by atoms with van der Waals surface area (Å²) in [5.41, 5.74) is 3.59. The fraction of sp³-hybridized carbons (Fsp3) is 0.238. The minimum atomic E-state index is 0.0715. The molecule has 2 aromatic heterocycles. The van der Waals surface area contributed by atoms with E-state index in [1.165, 1.54) is 0 Å². The minimum absolute atomic E-state index is 0.0715. The average molecular weight is 387 g/mol. The molecule has 5 rings (SSSR count). The van der Waals surface area contributed by atoms with Gasteiger partial charge in [0.15, 0.2) is 0 Å². The number of nitrogens with zero attached hydrogens (tertiary/aromatic N) is 6. The lowest BCUT2D eigenvalue weighted by atomic mass is 10.1. The lowest BCUT2D eigenvalue weighted by molar-refractivity contribution is 0.0747. The van der Waals surface area contributed by atoms with Crippen molar-refractivity contribution in [3.63, 3.8) is 0 Å². The standard InChI is InChI=1S/C21H21N7O/c1-15-19(17-9-5-6-10-18(17)22-15)20(29)26-11-13-27(14-12-26)21-23-24-25-28(21)16-7-3-2-4-8-16/h2-10,22H,11-14H2,1H3. The summed E-state index contributed by atoms with van der Waals surface area (Å²) in [6.45, 7) is 4.57. The van der Waals surface area contributed by atoms with Crippen LogP contribution in [0.3, 0.4) is 0 Å². The van der Waals surface area contributed by atoms with E-state index in [0.717, 1.165) is 27.8 Å². The molecule has 8 heteroatoms. The Balaban J connectivity index is 1.34. The lowest BCUT2D eigenvalue weighted by Gasteiger charge is -2.34. The topological polar surface area (TPSA) is 82.9 Å². The van der Waals surface area contributed by atoms with Gasteiger partial charge in [0, 0.05) is 42.8 Å². The first-order valence-corrected chi connectivity index (χ1v) is 9.68. The van der Waals surface area contributed by atoms with Crippen molar-refractivity contribution in [1.82, 2.24) is 30.1 Å². The number of para-hydroxylation sites is 2. The van der Waals surface area contributed by atoms with Gasteiger partial charge in [0.25, 0.3) is 5.91 Å². The van der Waals surface area contributed by atoms with Gasteiger partial charge in [0.05, 0.1) is 11.3 Å². The maximum Gasteiger partial charge on any atom is 0.256 e. The van der Waals surface area contributed by atoms with E-state index in [-0.39, 0.29) is 5.91 Å². The van der Waals surface area contributed by atoms with Crippen LogP contribution in [-0.2, 0) is 0 Å². The van der Waals surface area contributed by atoms with Crippen LogP contribution in [0.1, 0.15) is 16.1 Å². The molecule has 1 amide bonds. The van der Waals surface area contributed by atoms with Gasteiger partial charge in [0.2, 0.25) is 5.95 Å². The Morgan fingerprint density at radius 2 is 1.69 bits per heavy atom. The monoisotopic (exact) mass is 387 g/mol. The summed E-state index contributed by atoms with van der Waals surface area (Å²) < 4.78 is 1.74. The second kappa shape index (κ2) is 7.05. The largest absolute Gasteiger partial charge is 0.358 e. The molecular weight excluding hydrogens is 366 g/mol. The third-order valence-electron chi connectivity index (χ3n) is 5.41. The number of fused-ring (bicyclic) bond motifs is 1. The number of hydrogen-bond acceptors (Lipinski definition) is 5. The van der Waals surface area contributed by atoms with Crippen molar-refractivity contribution >= 4 is 22.8 Å². The molecule has 1 fully saturated rings. The zero-order chi connectivity index (χ0) is 19.8. The number of benzene rings is 2. The number of nitrogens with one attached hydrogen (secondary N) is 1. The van der Waals surface area contributed by atoms with E-state index in [9.17, 15) is 4.79 Å². The number of aromatic nitrogens is 5. The normalized spacial score (nSPS) is 14.5. The van der Waals surface area contributed by atoms with Gasteiger partial charge in [-0.1, -0.05) is 41.5 Å². The van der Waals surface area contributed by atoms with Crippen molar-refractivity contribution in [3.05, 3.63) is 65.9 Å². The van der Waals surface area contributed by atoms with E-state index in [0.29, 0.717) is 32.1 Å². The van der Waals surface area contributed by atoms with Gasteiger partial charge in [-0.15, -0.1) is 0 Å². The number of H-pyrrole nitrogens is 1. The van der Waals surface area contributed by atoms with E-state index in [2.05, 4.69) is 25.4 Å². The Hall–Kier alpha value is -3.68. The molecule has 29 heavy (non-hydrogen) atoms. The highest BCUT2D eigenvalue weighted by Gasteiger charge is 2.27. The first-order valence-electron chi connectivity index (χ1n) is 9.68. The molecule has 0 unspecified atom stereocenters. The zero-order valence-corrected chi connectivity index (χ0v) is 16.1. The van der Waals surface area contributed by atoms with Crippen LogP contribution >= 0.6 is 0 Å². The number of tetrazole rings is 1. The predicted molar refractivity (Wildman–Crippen MR) is 110 cm³/mol. The molecule has 0 spiro atoms. The number of aromatic amines is 1. The molecule has 1 aliphatic heterocycles. The highest BCUT2D eigenvalue weighted by molar-refractivity contribution is 6.08. The second-order valence-corrected chi connectivity index (χ2v) is 7.18. The van der Waals surface area contributed by atoms with E-state index >= 15 is 0 Å². The number of amides is 1. The number of piperazine rings is 1. The van der Waals surface area contributed by atoms with Crippen molar-refractivity contribution in [3.8, 4) is 5.69 Å². The molecule has 0 radical (unpaired) electrons. The molecule has 2 aromatic carbocycles. The summed E-state index contributed by atoms with van der Waals surface area (Å²) in [4.78, 5) is 20.6. The molecule has 1 N–H and O–H groups in total. The van der Waals surface area contributed by atoms with Crippen LogP contribution in [-0.4, -0.2) is 62.2 Å². The Morgan fingerprint density at radius 1 is 0.966 bits per heavy atom. The van der Waals surface area contributed by atoms with Crippen LogP contribution in [0.25, 0.3) is 16.6 Å². The smallest absolute Gasteiger partial charge is 0.256 e. The van der Waals surface area contributed by atoms with Gasteiger partial charge in [-0.2, -0.15) is 4.68 Å². The van der Waals surface area contributed by atoms with Crippen LogP contribution < -0.4 is 4.90 Å². The van der Waals surface area contributed by atoms with Crippen LogP contribution in [0.4, 0.5) is 5.95 Å². The summed E-state index contributed by atoms with van der Waals surface area (Å²) in [5, 5.41) is 13.2. The molecule has 146 valence electrons. The fourth-order valence-corrected chi connectivity index (χ4v) is 3.94. The van der Waals surface area contributed by atoms with E-state index in [4.69, 9.17) is 0 Å². The predicted octanol–water partition coefficient (Wildman–Crippen LogP) is 2.41. The van der Waals surface area contributed by atoms with Gasteiger partial charge in [-0.3, -0.25) is 4.79 Å². The second-order valence-electron chi connectivity index (χ2n) is 7.18. The van der Waals surface area contributed by atoms with Gasteiger partial charge in [-0.05, 0) is 35.5 Å². The quantitative estimate of drug-likeness (QED) is 0.584. The SMILES string of the molecule is Cc1[nH]c2ccccc2c1C(=O)N1CCN(c2nnnn2-c2ccccc2)CC1. The van der Waals surface area contributed by atoms with E-state index in [1.54, 1.807) is 4.68 Å². The molecule has 0 atom stereocenters. The number of aryl methyl sites for hydroxylation is 1. The third-order valence-corrected chi connectivity index (χ3v) is 5.41. The summed E-state index contributed by atoms with van der Waals surface area (Å²) in [6, 6.07) is 17.8. The van der Waals surface area contributed by atoms with Crippen molar-refractivity contribution in [2.45, 2.75) is 6.92 Å². The number of hydrogen-bond donors (Lipinski definition) is 1. The average Bonchev–Trinajstić information content (AvgIpc) is 3.38. The third kappa shape index (κ3) is 3.02. The van der Waals surface area contributed by atoms with Gasteiger partial charge >= 0.3 is 0 Å². The molecule has 0 saturated carbocycles. The Bertz CT molecular complexity index is 1160. The van der Waals surface area contributed by atoms with Crippen LogP contribution in [0.15, 0.2) is 54.6 Å². The molecule has 8 nitrogen and oxygen atoms in total. The summed E-state index contributed by atoms with van der Waals surface area (Å²) in [5.74, 6) is 0.772. The van der Waals surface area contributed by atoms with Gasteiger partial charge < -0.3 is 14.8 Å². The molecule has 1 aliphatic rings.